The predicted molar refractivity (Wildman–Crippen MR) is 208 cm³/mol. The van der Waals surface area contributed by atoms with Gasteiger partial charge in [0.2, 0.25) is 0 Å². The molecule has 0 saturated carbocycles. The summed E-state index contributed by atoms with van der Waals surface area (Å²) in [6.07, 6.45) is -0.254. The second-order valence-corrected chi connectivity index (χ2v) is 12.9. The number of fused-ring (bicyclic) bond motifs is 6. The van der Waals surface area contributed by atoms with Gasteiger partial charge in [-0.15, -0.1) is 0 Å². The number of nitrogens with one attached hydrogen (secondary N) is 1. The Balaban J connectivity index is 1.12. The predicted octanol–water partition coefficient (Wildman–Crippen LogP) is 11.5. The van der Waals surface area contributed by atoms with Gasteiger partial charge in [-0.1, -0.05) is 146 Å². The molecule has 1 aliphatic heterocycles. The molecule has 10 rings (SSSR count). The highest BCUT2D eigenvalue weighted by atomic mass is 16.5. The van der Waals surface area contributed by atoms with Gasteiger partial charge in [-0.25, -0.2) is 15.0 Å². The minimum absolute atomic E-state index is 0.254. The molecule has 9 aromatic rings. The lowest BCUT2D eigenvalue weighted by atomic mass is 9.98. The van der Waals surface area contributed by atoms with Crippen LogP contribution in [0.15, 0.2) is 170 Å². The summed E-state index contributed by atoms with van der Waals surface area (Å²) in [5.41, 5.74) is 7.20. The summed E-state index contributed by atoms with van der Waals surface area (Å²) in [5, 5.41) is 10.3. The second-order valence-electron chi connectivity index (χ2n) is 12.9. The number of nitrogens with zero attached hydrogens (tertiary/aromatic N) is 3. The Labute approximate surface area is 294 Å². The van der Waals surface area contributed by atoms with Crippen molar-refractivity contribution >= 4 is 38.0 Å². The van der Waals surface area contributed by atoms with Gasteiger partial charge in [0.1, 0.15) is 0 Å². The molecule has 5 nitrogen and oxygen atoms in total. The van der Waals surface area contributed by atoms with E-state index >= 15 is 0 Å². The van der Waals surface area contributed by atoms with Gasteiger partial charge in [0.25, 0.3) is 0 Å². The van der Waals surface area contributed by atoms with E-state index in [0.717, 1.165) is 66.0 Å². The SMILES string of the molecule is c1ccc(-c2ccc3ccc(-c4nc(-c5ccccc5)nc(-c5ccc6ccc7ccc8c(c7c6c5)OC(c5ccccc5)N8)n4)cc3c2)cc1. The molecule has 1 atom stereocenters. The van der Waals surface area contributed by atoms with Crippen molar-refractivity contribution < 1.29 is 4.74 Å². The van der Waals surface area contributed by atoms with E-state index in [4.69, 9.17) is 19.7 Å². The maximum atomic E-state index is 6.63. The first-order valence-electron chi connectivity index (χ1n) is 17.1. The highest BCUT2D eigenvalue weighted by molar-refractivity contribution is 6.13. The summed E-state index contributed by atoms with van der Waals surface area (Å²) >= 11 is 0. The number of benzene rings is 8. The molecule has 0 saturated heterocycles. The quantitative estimate of drug-likeness (QED) is 0.187. The molecule has 1 unspecified atom stereocenters. The van der Waals surface area contributed by atoms with Gasteiger partial charge in [-0.2, -0.15) is 0 Å². The third-order valence-electron chi connectivity index (χ3n) is 9.71. The van der Waals surface area contributed by atoms with Crippen LogP contribution in [0.5, 0.6) is 5.75 Å². The number of hydrogen-bond acceptors (Lipinski definition) is 5. The lowest BCUT2D eigenvalue weighted by molar-refractivity contribution is 0.263. The van der Waals surface area contributed by atoms with E-state index in [1.807, 2.05) is 54.6 Å². The number of ether oxygens (including phenoxy) is 1. The fourth-order valence-corrected chi connectivity index (χ4v) is 7.10. The molecule has 240 valence electrons. The van der Waals surface area contributed by atoms with Crippen LogP contribution in [0.25, 0.3) is 77.6 Å². The molecule has 5 heteroatoms. The Morgan fingerprint density at radius 1 is 0.412 bits per heavy atom. The van der Waals surface area contributed by atoms with Crippen molar-refractivity contribution in [1.82, 2.24) is 15.0 Å². The first-order valence-corrected chi connectivity index (χ1v) is 17.1. The zero-order valence-electron chi connectivity index (χ0n) is 27.5. The van der Waals surface area contributed by atoms with Crippen LogP contribution in [-0.4, -0.2) is 15.0 Å². The zero-order chi connectivity index (χ0) is 33.7. The summed E-state index contributed by atoms with van der Waals surface area (Å²) < 4.78 is 6.63. The van der Waals surface area contributed by atoms with E-state index in [9.17, 15) is 0 Å². The van der Waals surface area contributed by atoms with E-state index in [2.05, 4.69) is 121 Å². The van der Waals surface area contributed by atoms with Crippen LogP contribution in [0.3, 0.4) is 0 Å². The molecule has 0 radical (unpaired) electrons. The van der Waals surface area contributed by atoms with Crippen LogP contribution in [0.1, 0.15) is 11.8 Å². The van der Waals surface area contributed by atoms with E-state index in [1.165, 1.54) is 11.1 Å². The molecule has 2 heterocycles. The number of aromatic nitrogens is 3. The van der Waals surface area contributed by atoms with Crippen molar-refractivity contribution in [3.05, 3.63) is 175 Å². The van der Waals surface area contributed by atoms with Gasteiger partial charge in [-0.05, 0) is 62.3 Å². The molecular formula is C46H30N4O. The Morgan fingerprint density at radius 3 is 1.67 bits per heavy atom. The molecule has 1 N–H and O–H groups in total. The molecule has 51 heavy (non-hydrogen) atoms. The maximum Gasteiger partial charge on any atom is 0.196 e. The summed E-state index contributed by atoms with van der Waals surface area (Å²) in [6.45, 7) is 0. The van der Waals surface area contributed by atoms with Crippen LogP contribution < -0.4 is 10.1 Å². The average molecular weight is 655 g/mol. The first-order chi connectivity index (χ1) is 25.2. The Kier molecular flexibility index (Phi) is 6.81. The third-order valence-corrected chi connectivity index (χ3v) is 9.71. The highest BCUT2D eigenvalue weighted by Crippen LogP contribution is 2.46. The topological polar surface area (TPSA) is 59.9 Å². The van der Waals surface area contributed by atoms with Crippen molar-refractivity contribution in [3.63, 3.8) is 0 Å². The standard InChI is InChI=1S/C46H30N4O/c1-4-10-29(11-5-1)35-21-16-30-17-22-36(27-38(30)26-35)44-48-43(33-12-6-2-7-13-33)49-45(50-44)37-23-19-31-18-20-32-24-25-40-42(41(32)39(31)28-37)51-46(47-40)34-14-8-3-9-15-34/h1-28,46-47H. The Bertz CT molecular complexity index is 2750. The van der Waals surface area contributed by atoms with Gasteiger partial charge in [0, 0.05) is 27.6 Å². The normalized spacial score (nSPS) is 13.6. The number of hydrogen-bond donors (Lipinski definition) is 1. The van der Waals surface area contributed by atoms with E-state index in [-0.39, 0.29) is 6.23 Å². The lowest BCUT2D eigenvalue weighted by Gasteiger charge is -2.13. The van der Waals surface area contributed by atoms with E-state index in [0.29, 0.717) is 17.5 Å². The van der Waals surface area contributed by atoms with Gasteiger partial charge in [0.15, 0.2) is 29.5 Å². The van der Waals surface area contributed by atoms with Crippen LogP contribution in [0.2, 0.25) is 0 Å². The molecule has 0 amide bonds. The van der Waals surface area contributed by atoms with Crippen molar-refractivity contribution in [3.8, 4) is 51.0 Å². The molecule has 1 aromatic heterocycles. The van der Waals surface area contributed by atoms with E-state index in [1.54, 1.807) is 0 Å². The molecule has 0 aliphatic carbocycles. The van der Waals surface area contributed by atoms with Crippen LogP contribution in [0, 0.1) is 0 Å². The summed E-state index contributed by atoms with van der Waals surface area (Å²) in [6, 6.07) is 58.9. The Morgan fingerprint density at radius 2 is 0.941 bits per heavy atom. The molecule has 0 fully saturated rings. The van der Waals surface area contributed by atoms with Crippen molar-refractivity contribution in [2.75, 3.05) is 5.32 Å². The largest absolute Gasteiger partial charge is 0.464 e. The van der Waals surface area contributed by atoms with Crippen LogP contribution in [0.4, 0.5) is 5.69 Å². The Hall–Kier alpha value is -6.85. The van der Waals surface area contributed by atoms with Crippen molar-refractivity contribution in [2.45, 2.75) is 6.23 Å². The minimum atomic E-state index is -0.254. The minimum Gasteiger partial charge on any atom is -0.464 e. The average Bonchev–Trinajstić information content (AvgIpc) is 3.66. The fraction of sp³-hybridized carbons (Fsp3) is 0.0217. The number of rotatable bonds is 5. The van der Waals surface area contributed by atoms with Crippen molar-refractivity contribution in [1.29, 1.82) is 0 Å². The second kappa shape index (κ2) is 11.9. The third kappa shape index (κ3) is 5.23. The summed E-state index contributed by atoms with van der Waals surface area (Å²) in [4.78, 5) is 15.2. The fourth-order valence-electron chi connectivity index (χ4n) is 7.10. The maximum absolute atomic E-state index is 6.63. The van der Waals surface area contributed by atoms with Crippen molar-refractivity contribution in [2.24, 2.45) is 0 Å². The molecule has 0 spiro atoms. The lowest BCUT2D eigenvalue weighted by Crippen LogP contribution is -2.09. The van der Waals surface area contributed by atoms with Crippen LogP contribution in [-0.2, 0) is 0 Å². The molecule has 1 aliphatic rings. The van der Waals surface area contributed by atoms with Gasteiger partial charge in [-0.3, -0.25) is 0 Å². The van der Waals surface area contributed by atoms with Gasteiger partial charge < -0.3 is 10.1 Å². The monoisotopic (exact) mass is 654 g/mol. The molecular weight excluding hydrogens is 625 g/mol. The molecule has 8 aromatic carbocycles. The zero-order valence-corrected chi connectivity index (χ0v) is 27.5. The van der Waals surface area contributed by atoms with Gasteiger partial charge >= 0.3 is 0 Å². The van der Waals surface area contributed by atoms with E-state index < -0.39 is 0 Å². The summed E-state index contributed by atoms with van der Waals surface area (Å²) in [7, 11) is 0. The van der Waals surface area contributed by atoms with Crippen LogP contribution >= 0.6 is 0 Å². The first kappa shape index (κ1) is 29.1. The smallest absolute Gasteiger partial charge is 0.196 e. The highest BCUT2D eigenvalue weighted by Gasteiger charge is 2.26. The number of anilines is 1. The summed E-state index contributed by atoms with van der Waals surface area (Å²) in [5.74, 6) is 2.73. The molecule has 0 bridgehead atoms. The van der Waals surface area contributed by atoms with Gasteiger partial charge in [0.05, 0.1) is 5.69 Å².